The summed E-state index contributed by atoms with van der Waals surface area (Å²) in [6.45, 7) is 6.03. The first-order valence-electron chi connectivity index (χ1n) is 10.6. The van der Waals surface area contributed by atoms with Crippen LogP contribution in [-0.4, -0.2) is 55.9 Å². The van der Waals surface area contributed by atoms with E-state index < -0.39 is 5.91 Å². The van der Waals surface area contributed by atoms with Crippen LogP contribution >= 0.6 is 0 Å². The van der Waals surface area contributed by atoms with E-state index in [4.69, 9.17) is 5.73 Å². The van der Waals surface area contributed by atoms with Crippen LogP contribution in [0.4, 0.5) is 5.69 Å². The van der Waals surface area contributed by atoms with Gasteiger partial charge < -0.3 is 21.1 Å². The molecule has 4 N–H and O–H groups in total. The highest BCUT2D eigenvalue weighted by Gasteiger charge is 2.23. The lowest BCUT2D eigenvalue weighted by molar-refractivity contribution is 0.0997. The molecule has 9 nitrogen and oxygen atoms in total. The van der Waals surface area contributed by atoms with Gasteiger partial charge in [0.2, 0.25) is 0 Å². The van der Waals surface area contributed by atoms with Gasteiger partial charge in [-0.25, -0.2) is 9.97 Å². The Morgan fingerprint density at radius 1 is 1.12 bits per heavy atom. The molecule has 3 heterocycles. The first-order valence-corrected chi connectivity index (χ1v) is 10.6. The second-order valence-corrected chi connectivity index (χ2v) is 8.57. The van der Waals surface area contributed by atoms with Crippen molar-refractivity contribution in [1.29, 1.82) is 0 Å². The molecule has 0 aliphatic carbocycles. The van der Waals surface area contributed by atoms with Crippen LogP contribution in [0.15, 0.2) is 36.5 Å². The summed E-state index contributed by atoms with van der Waals surface area (Å²) in [5.41, 5.74) is 8.51. The number of aromatic hydroxyl groups is 1. The molecule has 4 aromatic rings. The molecule has 1 amide bonds. The third kappa shape index (κ3) is 3.50. The highest BCUT2D eigenvalue weighted by Crippen LogP contribution is 2.33. The molecule has 1 aliphatic heterocycles. The zero-order valence-electron chi connectivity index (χ0n) is 18.2. The third-order valence-corrected chi connectivity index (χ3v) is 5.81. The second kappa shape index (κ2) is 7.45. The minimum Gasteiger partial charge on any atom is -0.507 e. The maximum absolute atomic E-state index is 12.3. The Morgan fingerprint density at radius 2 is 1.88 bits per heavy atom. The summed E-state index contributed by atoms with van der Waals surface area (Å²) in [4.78, 5) is 23.7. The van der Waals surface area contributed by atoms with Gasteiger partial charge in [0, 0.05) is 60.9 Å². The summed E-state index contributed by atoms with van der Waals surface area (Å²) in [5, 5.41) is 19.8. The van der Waals surface area contributed by atoms with Gasteiger partial charge in [0.1, 0.15) is 11.4 Å². The number of hydrogen-bond acceptors (Lipinski definition) is 7. The number of phenols is 1. The SMILES string of the molecule is C[C@H]1CN(c2ccc3nc(-c4cc5cn(C)nc5cc4O)nc(C(N)=O)c3c2)C[C@H](C)N1. The van der Waals surface area contributed by atoms with E-state index in [1.54, 1.807) is 16.8 Å². The molecule has 0 spiro atoms. The van der Waals surface area contributed by atoms with Gasteiger partial charge >= 0.3 is 0 Å². The van der Waals surface area contributed by atoms with Crippen molar-refractivity contribution in [2.24, 2.45) is 12.8 Å². The zero-order chi connectivity index (χ0) is 22.6. The number of hydrogen-bond donors (Lipinski definition) is 3. The highest BCUT2D eigenvalue weighted by molar-refractivity contribution is 6.05. The quantitative estimate of drug-likeness (QED) is 0.454. The molecule has 0 radical (unpaired) electrons. The van der Waals surface area contributed by atoms with E-state index in [1.807, 2.05) is 31.4 Å². The molecule has 2 aromatic carbocycles. The molecule has 0 saturated carbocycles. The Labute approximate surface area is 184 Å². The number of rotatable bonds is 3. The van der Waals surface area contributed by atoms with E-state index in [-0.39, 0.29) is 17.3 Å². The summed E-state index contributed by atoms with van der Waals surface area (Å²) < 4.78 is 1.67. The number of primary amides is 1. The van der Waals surface area contributed by atoms with Crippen LogP contribution in [0.3, 0.4) is 0 Å². The molecule has 0 unspecified atom stereocenters. The van der Waals surface area contributed by atoms with Gasteiger partial charge in [0.05, 0.1) is 16.6 Å². The van der Waals surface area contributed by atoms with Crippen LogP contribution in [0.1, 0.15) is 24.3 Å². The van der Waals surface area contributed by atoms with Gasteiger partial charge in [-0.2, -0.15) is 5.10 Å². The molecule has 1 fully saturated rings. The van der Waals surface area contributed by atoms with Gasteiger partial charge in [-0.15, -0.1) is 0 Å². The zero-order valence-corrected chi connectivity index (χ0v) is 18.2. The molecule has 1 saturated heterocycles. The van der Waals surface area contributed by atoms with Crippen molar-refractivity contribution in [3.05, 3.63) is 42.2 Å². The summed E-state index contributed by atoms with van der Waals surface area (Å²) >= 11 is 0. The molecular weight excluding hydrogens is 406 g/mol. The fraction of sp³-hybridized carbons (Fsp3) is 0.304. The van der Waals surface area contributed by atoms with Crippen molar-refractivity contribution < 1.29 is 9.90 Å². The number of carbonyl (C=O) groups is 1. The summed E-state index contributed by atoms with van der Waals surface area (Å²) in [7, 11) is 1.81. The van der Waals surface area contributed by atoms with Gasteiger partial charge in [-0.05, 0) is 38.1 Å². The predicted molar refractivity (Wildman–Crippen MR) is 124 cm³/mol. The van der Waals surface area contributed by atoms with E-state index in [0.29, 0.717) is 34.1 Å². The van der Waals surface area contributed by atoms with Gasteiger partial charge in [0.15, 0.2) is 5.82 Å². The van der Waals surface area contributed by atoms with Gasteiger partial charge in [-0.3, -0.25) is 9.48 Å². The fourth-order valence-electron chi connectivity index (χ4n) is 4.52. The molecule has 9 heteroatoms. The van der Waals surface area contributed by atoms with Crippen LogP contribution in [0.5, 0.6) is 5.75 Å². The number of fused-ring (bicyclic) bond motifs is 2. The number of phenolic OH excluding ortho intramolecular Hbond substituents is 1. The van der Waals surface area contributed by atoms with E-state index in [0.717, 1.165) is 24.2 Å². The average molecular weight is 432 g/mol. The summed E-state index contributed by atoms with van der Waals surface area (Å²) in [6.07, 6.45) is 1.84. The molecule has 2 aromatic heterocycles. The Hall–Kier alpha value is -3.72. The van der Waals surface area contributed by atoms with Crippen molar-refractivity contribution in [3.8, 4) is 17.1 Å². The van der Waals surface area contributed by atoms with Crippen molar-refractivity contribution in [1.82, 2.24) is 25.1 Å². The van der Waals surface area contributed by atoms with E-state index in [9.17, 15) is 9.90 Å². The largest absolute Gasteiger partial charge is 0.507 e. The molecule has 0 bridgehead atoms. The van der Waals surface area contributed by atoms with E-state index >= 15 is 0 Å². The van der Waals surface area contributed by atoms with Crippen molar-refractivity contribution in [3.63, 3.8) is 0 Å². The molecule has 1 aliphatic rings. The lowest BCUT2D eigenvalue weighted by Crippen LogP contribution is -2.54. The average Bonchev–Trinajstić information content (AvgIpc) is 3.09. The smallest absolute Gasteiger partial charge is 0.268 e. The Kier molecular flexibility index (Phi) is 4.70. The number of anilines is 1. The van der Waals surface area contributed by atoms with Crippen LogP contribution < -0.4 is 16.0 Å². The minimum absolute atomic E-state index is 0.00798. The number of benzene rings is 2. The number of carbonyl (C=O) groups excluding carboxylic acids is 1. The third-order valence-electron chi connectivity index (χ3n) is 5.81. The first kappa shape index (κ1) is 20.2. The van der Waals surface area contributed by atoms with E-state index in [1.165, 1.54) is 0 Å². The Bertz CT molecular complexity index is 1350. The summed E-state index contributed by atoms with van der Waals surface area (Å²) in [6, 6.07) is 9.84. The van der Waals surface area contributed by atoms with Crippen molar-refractivity contribution in [2.45, 2.75) is 25.9 Å². The van der Waals surface area contributed by atoms with Crippen LogP contribution in [0, 0.1) is 0 Å². The first-order chi connectivity index (χ1) is 15.3. The van der Waals surface area contributed by atoms with Crippen LogP contribution in [0.2, 0.25) is 0 Å². The highest BCUT2D eigenvalue weighted by atomic mass is 16.3. The molecule has 32 heavy (non-hydrogen) atoms. The molecule has 5 rings (SSSR count). The fourth-order valence-corrected chi connectivity index (χ4v) is 4.52. The monoisotopic (exact) mass is 431 g/mol. The van der Waals surface area contributed by atoms with Gasteiger partial charge in [0.25, 0.3) is 5.91 Å². The number of nitrogens with one attached hydrogen (secondary N) is 1. The number of piperazine rings is 1. The number of amides is 1. The number of nitrogens with two attached hydrogens (primary N) is 1. The van der Waals surface area contributed by atoms with Crippen LogP contribution in [0.25, 0.3) is 33.2 Å². The number of aryl methyl sites for hydroxylation is 1. The lowest BCUT2D eigenvalue weighted by Gasteiger charge is -2.37. The lowest BCUT2D eigenvalue weighted by atomic mass is 10.1. The normalized spacial score (nSPS) is 19.0. The standard InChI is InChI=1S/C23H25N7O2/c1-12-9-30(10-13(2)25-12)15-4-5-18-16(7-15)21(22(24)32)27-23(26-18)17-6-14-11-29(3)28-19(14)8-20(17)31/h4-8,11-13,25,31H,9-10H2,1-3H3,(H2,24,32)/t12-,13-/m0/s1. The maximum atomic E-state index is 12.3. The molecule has 164 valence electrons. The van der Waals surface area contributed by atoms with Crippen LogP contribution in [-0.2, 0) is 7.05 Å². The molecule has 2 atom stereocenters. The number of aromatic nitrogens is 4. The second-order valence-electron chi connectivity index (χ2n) is 8.57. The predicted octanol–water partition coefficient (Wildman–Crippen LogP) is 2.17. The number of nitrogens with zero attached hydrogens (tertiary/aromatic N) is 5. The molecular formula is C23H25N7O2. The van der Waals surface area contributed by atoms with Crippen molar-refractivity contribution in [2.75, 3.05) is 18.0 Å². The topological polar surface area (TPSA) is 122 Å². The minimum atomic E-state index is -0.639. The Balaban J connectivity index is 1.64. The van der Waals surface area contributed by atoms with Crippen molar-refractivity contribution >= 4 is 33.4 Å². The van der Waals surface area contributed by atoms with Gasteiger partial charge in [-0.1, -0.05) is 0 Å². The summed E-state index contributed by atoms with van der Waals surface area (Å²) in [5.74, 6) is -0.405. The van der Waals surface area contributed by atoms with E-state index in [2.05, 4.69) is 39.1 Å². The maximum Gasteiger partial charge on any atom is 0.268 e. The Morgan fingerprint density at radius 3 is 2.59 bits per heavy atom.